The van der Waals surface area contributed by atoms with Crippen molar-refractivity contribution in [2.45, 2.75) is 13.0 Å². The second kappa shape index (κ2) is 11.3. The summed E-state index contributed by atoms with van der Waals surface area (Å²) < 4.78 is 49.4. The van der Waals surface area contributed by atoms with Crippen LogP contribution in [-0.2, 0) is 17.8 Å². The lowest BCUT2D eigenvalue weighted by atomic mass is 9.99. The maximum atomic E-state index is 14.1. The monoisotopic (exact) mass is 614 g/mol. The minimum absolute atomic E-state index is 0.0205. The molecule has 0 bridgehead atoms. The van der Waals surface area contributed by atoms with Gasteiger partial charge in [-0.05, 0) is 59.2 Å². The molecule has 1 amide bonds. The van der Waals surface area contributed by atoms with Crippen LogP contribution in [0.3, 0.4) is 0 Å². The van der Waals surface area contributed by atoms with Crippen LogP contribution in [0.2, 0.25) is 10.0 Å². The first-order chi connectivity index (χ1) is 20.0. The van der Waals surface area contributed by atoms with Gasteiger partial charge in [-0.1, -0.05) is 29.3 Å². The number of nitrogens with two attached hydrogens (primary N) is 1. The number of methoxy groups -OCH3 is 1. The van der Waals surface area contributed by atoms with Crippen molar-refractivity contribution in [3.8, 4) is 22.6 Å². The van der Waals surface area contributed by atoms with Gasteiger partial charge >= 0.3 is 5.69 Å². The van der Waals surface area contributed by atoms with Crippen LogP contribution in [0.25, 0.3) is 27.7 Å². The van der Waals surface area contributed by atoms with Gasteiger partial charge in [0.15, 0.2) is 17.5 Å². The van der Waals surface area contributed by atoms with Crippen molar-refractivity contribution in [1.29, 1.82) is 0 Å². The molecule has 0 fully saturated rings. The molecule has 2 heterocycles. The third-order valence-electron chi connectivity index (χ3n) is 6.48. The molecule has 0 saturated heterocycles. The molecular formula is C29H19Cl2F3N4O4. The standard InChI is InChI=1S/C29H19Cl2F3N4O4/c1-42-24-9-16(19-4-14(7-25(35)39)2-3-20(19)31)8-23-26(24)28(40)38(18-10-17(30)11-36-12-18)29(41)37(23)13-15-5-21(32)27(34)22(33)6-15/h2-6,8-12H,7,13H2,1H3,(H2,35,39). The van der Waals surface area contributed by atoms with E-state index in [0.29, 0.717) is 16.7 Å². The molecular weight excluding hydrogens is 596 g/mol. The normalized spacial score (nSPS) is 11.2. The smallest absolute Gasteiger partial charge is 0.336 e. The molecule has 0 unspecified atom stereocenters. The third-order valence-corrected chi connectivity index (χ3v) is 7.02. The minimum atomic E-state index is -1.67. The van der Waals surface area contributed by atoms with Crippen molar-refractivity contribution in [2.75, 3.05) is 7.11 Å². The number of nitrogens with zero attached hydrogens (tertiary/aromatic N) is 3. The molecule has 214 valence electrons. The number of halogens is 5. The molecule has 0 spiro atoms. The van der Waals surface area contributed by atoms with Gasteiger partial charge in [0.25, 0.3) is 5.56 Å². The number of rotatable bonds is 7. The van der Waals surface area contributed by atoms with Crippen LogP contribution in [0.15, 0.2) is 70.5 Å². The van der Waals surface area contributed by atoms with Crippen LogP contribution in [0.4, 0.5) is 13.2 Å². The van der Waals surface area contributed by atoms with Gasteiger partial charge in [0.05, 0.1) is 42.5 Å². The van der Waals surface area contributed by atoms with Crippen molar-refractivity contribution in [3.63, 3.8) is 0 Å². The minimum Gasteiger partial charge on any atom is -0.496 e. The topological polar surface area (TPSA) is 109 Å². The number of aromatic nitrogens is 3. The Hall–Kier alpha value is -4.61. The van der Waals surface area contributed by atoms with E-state index >= 15 is 0 Å². The number of benzene rings is 3. The summed E-state index contributed by atoms with van der Waals surface area (Å²) in [6.07, 6.45) is 2.48. The Morgan fingerprint density at radius 2 is 1.69 bits per heavy atom. The van der Waals surface area contributed by atoms with Gasteiger partial charge in [-0.25, -0.2) is 22.5 Å². The van der Waals surface area contributed by atoms with Gasteiger partial charge in [-0.3, -0.25) is 19.1 Å². The number of amides is 1. The number of carbonyl (C=O) groups is 1. The van der Waals surface area contributed by atoms with Gasteiger partial charge in [0.1, 0.15) is 11.1 Å². The predicted octanol–water partition coefficient (Wildman–Crippen LogP) is 5.02. The fourth-order valence-electron chi connectivity index (χ4n) is 4.66. The molecule has 0 aliphatic rings. The Labute approximate surface area is 245 Å². The number of ether oxygens (including phenoxy) is 1. The molecule has 5 rings (SSSR count). The highest BCUT2D eigenvalue weighted by Crippen LogP contribution is 2.35. The van der Waals surface area contributed by atoms with E-state index in [2.05, 4.69) is 4.98 Å². The van der Waals surface area contributed by atoms with Crippen molar-refractivity contribution in [1.82, 2.24) is 14.1 Å². The van der Waals surface area contributed by atoms with Gasteiger partial charge < -0.3 is 10.5 Å². The lowest BCUT2D eigenvalue weighted by Gasteiger charge is -2.18. The summed E-state index contributed by atoms with van der Waals surface area (Å²) in [6, 6.07) is 10.7. The predicted molar refractivity (Wildman–Crippen MR) is 152 cm³/mol. The summed E-state index contributed by atoms with van der Waals surface area (Å²) in [6.45, 7) is -0.472. The second-order valence-electron chi connectivity index (χ2n) is 9.27. The molecule has 0 radical (unpaired) electrons. The lowest BCUT2D eigenvalue weighted by molar-refractivity contribution is -0.117. The zero-order valence-corrected chi connectivity index (χ0v) is 23.1. The number of hydrogen-bond acceptors (Lipinski definition) is 5. The van der Waals surface area contributed by atoms with Crippen LogP contribution in [0, 0.1) is 17.5 Å². The Morgan fingerprint density at radius 3 is 2.33 bits per heavy atom. The van der Waals surface area contributed by atoms with Crippen molar-refractivity contribution in [2.24, 2.45) is 5.73 Å². The molecule has 0 atom stereocenters. The average molecular weight is 615 g/mol. The first kappa shape index (κ1) is 28.9. The molecule has 13 heteroatoms. The zero-order chi connectivity index (χ0) is 30.3. The highest BCUT2D eigenvalue weighted by Gasteiger charge is 2.22. The Bertz CT molecular complexity index is 2000. The molecule has 42 heavy (non-hydrogen) atoms. The molecule has 3 aromatic carbocycles. The molecule has 5 aromatic rings. The van der Waals surface area contributed by atoms with E-state index in [1.54, 1.807) is 18.2 Å². The van der Waals surface area contributed by atoms with Crippen molar-refractivity contribution in [3.05, 3.63) is 120 Å². The average Bonchev–Trinajstić information content (AvgIpc) is 2.94. The van der Waals surface area contributed by atoms with Gasteiger partial charge in [0, 0.05) is 16.8 Å². The fourth-order valence-corrected chi connectivity index (χ4v) is 5.05. The molecule has 8 nitrogen and oxygen atoms in total. The first-order valence-electron chi connectivity index (χ1n) is 12.2. The number of carbonyl (C=O) groups excluding carboxylic acids is 1. The molecule has 2 N–H and O–H groups in total. The highest BCUT2D eigenvalue weighted by atomic mass is 35.5. The molecule has 0 saturated carbocycles. The van der Waals surface area contributed by atoms with Crippen LogP contribution < -0.4 is 21.7 Å². The van der Waals surface area contributed by atoms with Gasteiger partial charge in [-0.15, -0.1) is 0 Å². The van der Waals surface area contributed by atoms with Crippen LogP contribution >= 0.6 is 23.2 Å². The maximum Gasteiger partial charge on any atom is 0.336 e. The summed E-state index contributed by atoms with van der Waals surface area (Å²) in [4.78, 5) is 43.2. The van der Waals surface area contributed by atoms with Crippen molar-refractivity contribution < 1.29 is 22.7 Å². The summed E-state index contributed by atoms with van der Waals surface area (Å²) in [5.41, 5.74) is 4.96. The van der Waals surface area contributed by atoms with E-state index in [0.717, 1.165) is 21.3 Å². The quantitative estimate of drug-likeness (QED) is 0.259. The summed E-state index contributed by atoms with van der Waals surface area (Å²) >= 11 is 12.6. The van der Waals surface area contributed by atoms with E-state index in [1.807, 2.05) is 0 Å². The van der Waals surface area contributed by atoms with Crippen LogP contribution in [0.5, 0.6) is 5.75 Å². The van der Waals surface area contributed by atoms with Crippen LogP contribution in [0.1, 0.15) is 11.1 Å². The first-order valence-corrected chi connectivity index (χ1v) is 12.9. The lowest BCUT2D eigenvalue weighted by Crippen LogP contribution is -2.39. The Kier molecular flexibility index (Phi) is 7.81. The summed E-state index contributed by atoms with van der Waals surface area (Å²) in [5.74, 6) is -5.10. The Balaban J connectivity index is 1.87. The maximum absolute atomic E-state index is 14.1. The van der Waals surface area contributed by atoms with Crippen molar-refractivity contribution >= 4 is 40.0 Å². The highest BCUT2D eigenvalue weighted by molar-refractivity contribution is 6.33. The van der Waals surface area contributed by atoms with Gasteiger partial charge in [-0.2, -0.15) is 0 Å². The second-order valence-corrected chi connectivity index (χ2v) is 10.1. The Morgan fingerprint density at radius 1 is 0.976 bits per heavy atom. The van der Waals surface area contributed by atoms with Crippen LogP contribution in [-0.4, -0.2) is 27.1 Å². The van der Waals surface area contributed by atoms with Gasteiger partial charge in [0.2, 0.25) is 5.91 Å². The molecule has 2 aromatic heterocycles. The number of fused-ring (bicyclic) bond motifs is 1. The number of hydrogen-bond donors (Lipinski definition) is 1. The molecule has 0 aliphatic carbocycles. The van der Waals surface area contributed by atoms with E-state index in [-0.39, 0.29) is 44.4 Å². The fraction of sp³-hybridized carbons (Fsp3) is 0.103. The largest absolute Gasteiger partial charge is 0.496 e. The van der Waals surface area contributed by atoms with E-state index in [1.165, 1.54) is 37.7 Å². The zero-order valence-electron chi connectivity index (χ0n) is 21.6. The van der Waals surface area contributed by atoms with E-state index in [9.17, 15) is 27.6 Å². The third kappa shape index (κ3) is 5.36. The number of pyridine rings is 1. The molecule has 0 aliphatic heterocycles. The SMILES string of the molecule is COc1cc(-c2cc(CC(N)=O)ccc2Cl)cc2c1c(=O)n(-c1cncc(Cl)c1)c(=O)n2Cc1cc(F)c(F)c(F)c1. The van der Waals surface area contributed by atoms with E-state index in [4.69, 9.17) is 33.7 Å². The number of primary amides is 1. The summed E-state index contributed by atoms with van der Waals surface area (Å²) in [7, 11) is 1.31. The summed E-state index contributed by atoms with van der Waals surface area (Å²) in [5, 5.41) is 0.355. The van der Waals surface area contributed by atoms with E-state index < -0.39 is 41.2 Å².